The van der Waals surface area contributed by atoms with Gasteiger partial charge in [-0.3, -0.25) is 14.4 Å². The molecule has 0 fully saturated rings. The highest BCUT2D eigenvalue weighted by molar-refractivity contribution is 5.96. The van der Waals surface area contributed by atoms with Gasteiger partial charge in [-0.1, -0.05) is 13.0 Å². The van der Waals surface area contributed by atoms with Gasteiger partial charge in [0.05, 0.1) is 13.2 Å². The summed E-state index contributed by atoms with van der Waals surface area (Å²) >= 11 is 0. The molecule has 0 bridgehead atoms. The normalized spacial score (nSPS) is 10.2. The molecular formula is C22H28N4O4. The van der Waals surface area contributed by atoms with Crippen LogP contribution in [0.25, 0.3) is 0 Å². The lowest BCUT2D eigenvalue weighted by molar-refractivity contribution is -0.116. The Balaban J connectivity index is 1.86. The van der Waals surface area contributed by atoms with Crippen LogP contribution in [0.15, 0.2) is 42.5 Å². The first-order valence-electron chi connectivity index (χ1n) is 9.74. The Hall–Kier alpha value is -3.39. The number of hydrogen-bond donors (Lipinski definition) is 4. The van der Waals surface area contributed by atoms with Gasteiger partial charge in [0.25, 0.3) is 5.91 Å². The molecule has 2 rings (SSSR count). The standard InChI is InChI=1S/C22H28N4O4/c1-4-20(27)26-19-13-18(8-5-15(19)2)25-21(28)14-24-17-9-6-16(7-10-17)22(29)23-11-12-30-3/h5-10,13,24H,4,11-12,14H2,1-3H3,(H,23,29)(H,25,28)(H,26,27). The Labute approximate surface area is 176 Å². The van der Waals surface area contributed by atoms with Gasteiger partial charge in [0.2, 0.25) is 11.8 Å². The second-order valence-electron chi connectivity index (χ2n) is 6.66. The largest absolute Gasteiger partial charge is 0.383 e. The average molecular weight is 412 g/mol. The Kier molecular flexibility index (Phi) is 8.83. The third kappa shape index (κ3) is 7.21. The molecule has 0 unspecified atom stereocenters. The van der Waals surface area contributed by atoms with Gasteiger partial charge in [0.1, 0.15) is 0 Å². The van der Waals surface area contributed by atoms with E-state index in [0.717, 1.165) is 11.3 Å². The third-order valence-corrected chi connectivity index (χ3v) is 4.31. The summed E-state index contributed by atoms with van der Waals surface area (Å²) in [4.78, 5) is 35.8. The molecule has 8 nitrogen and oxygen atoms in total. The molecule has 8 heteroatoms. The van der Waals surface area contributed by atoms with Crippen molar-refractivity contribution in [3.63, 3.8) is 0 Å². The SMILES string of the molecule is CCC(=O)Nc1cc(NC(=O)CNc2ccc(C(=O)NCCOC)cc2)ccc1C. The molecule has 4 N–H and O–H groups in total. The lowest BCUT2D eigenvalue weighted by atomic mass is 10.1. The van der Waals surface area contributed by atoms with Crippen molar-refractivity contribution in [2.75, 3.05) is 42.8 Å². The van der Waals surface area contributed by atoms with Crippen molar-refractivity contribution in [1.82, 2.24) is 5.32 Å². The number of anilines is 3. The summed E-state index contributed by atoms with van der Waals surface area (Å²) in [6.45, 7) is 4.62. The van der Waals surface area contributed by atoms with Gasteiger partial charge in [-0.05, 0) is 48.9 Å². The lowest BCUT2D eigenvalue weighted by Crippen LogP contribution is -2.26. The number of carbonyl (C=O) groups excluding carboxylic acids is 3. The quantitative estimate of drug-likeness (QED) is 0.449. The number of benzene rings is 2. The van der Waals surface area contributed by atoms with Gasteiger partial charge >= 0.3 is 0 Å². The molecule has 2 aromatic rings. The highest BCUT2D eigenvalue weighted by atomic mass is 16.5. The van der Waals surface area contributed by atoms with Crippen molar-refractivity contribution in [3.8, 4) is 0 Å². The van der Waals surface area contributed by atoms with Crippen LogP contribution in [0.5, 0.6) is 0 Å². The van der Waals surface area contributed by atoms with Crippen LogP contribution in [-0.4, -0.2) is 44.5 Å². The predicted octanol–water partition coefficient (Wildman–Crippen LogP) is 2.77. The molecule has 30 heavy (non-hydrogen) atoms. The zero-order valence-electron chi connectivity index (χ0n) is 17.5. The summed E-state index contributed by atoms with van der Waals surface area (Å²) in [5.74, 6) is -0.492. The van der Waals surface area contributed by atoms with Crippen LogP contribution in [0.1, 0.15) is 29.3 Å². The molecule has 0 heterocycles. The highest BCUT2D eigenvalue weighted by Crippen LogP contribution is 2.20. The number of aryl methyl sites for hydroxylation is 1. The molecular weight excluding hydrogens is 384 g/mol. The van der Waals surface area contributed by atoms with E-state index in [-0.39, 0.29) is 24.3 Å². The maximum atomic E-state index is 12.2. The predicted molar refractivity (Wildman–Crippen MR) is 118 cm³/mol. The molecule has 0 aliphatic rings. The summed E-state index contributed by atoms with van der Waals surface area (Å²) in [6, 6.07) is 12.2. The minimum Gasteiger partial charge on any atom is -0.383 e. The number of nitrogens with one attached hydrogen (secondary N) is 4. The molecule has 3 amide bonds. The highest BCUT2D eigenvalue weighted by Gasteiger charge is 2.08. The first kappa shape index (κ1) is 22.9. The Bertz CT molecular complexity index is 881. The van der Waals surface area contributed by atoms with Crippen molar-refractivity contribution in [2.45, 2.75) is 20.3 Å². The molecule has 160 valence electrons. The molecule has 2 aromatic carbocycles. The fourth-order valence-corrected chi connectivity index (χ4v) is 2.57. The fourth-order valence-electron chi connectivity index (χ4n) is 2.57. The minimum atomic E-state index is -0.229. The maximum Gasteiger partial charge on any atom is 0.251 e. The smallest absolute Gasteiger partial charge is 0.251 e. The van der Waals surface area contributed by atoms with Crippen LogP contribution in [-0.2, 0) is 14.3 Å². The number of ether oxygens (including phenoxy) is 1. The van der Waals surface area contributed by atoms with Crippen LogP contribution in [0.2, 0.25) is 0 Å². The molecule has 0 aliphatic heterocycles. The molecule has 0 saturated carbocycles. The summed E-state index contributed by atoms with van der Waals surface area (Å²) < 4.78 is 4.90. The first-order valence-corrected chi connectivity index (χ1v) is 9.74. The van der Waals surface area contributed by atoms with Crippen molar-refractivity contribution in [3.05, 3.63) is 53.6 Å². The van der Waals surface area contributed by atoms with E-state index in [0.29, 0.717) is 36.5 Å². The lowest BCUT2D eigenvalue weighted by Gasteiger charge is -2.12. The first-order chi connectivity index (χ1) is 14.4. The van der Waals surface area contributed by atoms with Crippen LogP contribution in [0.3, 0.4) is 0 Å². The second kappa shape index (κ2) is 11.6. The van der Waals surface area contributed by atoms with E-state index >= 15 is 0 Å². The van der Waals surface area contributed by atoms with Crippen LogP contribution in [0.4, 0.5) is 17.1 Å². The van der Waals surface area contributed by atoms with Crippen molar-refractivity contribution in [2.24, 2.45) is 0 Å². The van der Waals surface area contributed by atoms with E-state index in [1.807, 2.05) is 13.0 Å². The zero-order chi connectivity index (χ0) is 21.9. The molecule has 0 atom stereocenters. The molecule has 0 aliphatic carbocycles. The average Bonchev–Trinajstić information content (AvgIpc) is 2.75. The maximum absolute atomic E-state index is 12.2. The number of methoxy groups -OCH3 is 1. The van der Waals surface area contributed by atoms with Crippen LogP contribution in [0, 0.1) is 6.92 Å². The Morgan fingerprint density at radius 3 is 2.30 bits per heavy atom. The molecule has 0 aromatic heterocycles. The monoisotopic (exact) mass is 412 g/mol. The van der Waals surface area contributed by atoms with Gasteiger partial charge in [0.15, 0.2) is 0 Å². The van der Waals surface area contributed by atoms with Gasteiger partial charge in [0, 0.05) is 42.7 Å². The molecule has 0 spiro atoms. The number of hydrogen-bond acceptors (Lipinski definition) is 5. The van der Waals surface area contributed by atoms with E-state index in [4.69, 9.17) is 4.74 Å². The van der Waals surface area contributed by atoms with Gasteiger partial charge < -0.3 is 26.0 Å². The number of rotatable bonds is 10. The minimum absolute atomic E-state index is 0.0594. The van der Waals surface area contributed by atoms with E-state index in [9.17, 15) is 14.4 Å². The Morgan fingerprint density at radius 1 is 0.933 bits per heavy atom. The van der Waals surface area contributed by atoms with E-state index in [1.165, 1.54) is 0 Å². The summed E-state index contributed by atoms with van der Waals surface area (Å²) in [6.07, 6.45) is 0.382. The molecule has 0 radical (unpaired) electrons. The van der Waals surface area contributed by atoms with Crippen LogP contribution >= 0.6 is 0 Å². The Morgan fingerprint density at radius 2 is 1.63 bits per heavy atom. The summed E-state index contributed by atoms with van der Waals surface area (Å²) in [5.41, 5.74) is 3.44. The molecule has 0 saturated heterocycles. The topological polar surface area (TPSA) is 109 Å². The fraction of sp³-hybridized carbons (Fsp3) is 0.318. The number of carbonyl (C=O) groups is 3. The van der Waals surface area contributed by atoms with Gasteiger partial charge in [-0.25, -0.2) is 0 Å². The summed E-state index contributed by atoms with van der Waals surface area (Å²) in [7, 11) is 1.57. The van der Waals surface area contributed by atoms with Gasteiger partial charge in [-0.2, -0.15) is 0 Å². The van der Waals surface area contributed by atoms with E-state index < -0.39 is 0 Å². The van der Waals surface area contributed by atoms with Crippen LogP contribution < -0.4 is 21.3 Å². The third-order valence-electron chi connectivity index (χ3n) is 4.31. The van der Waals surface area contributed by atoms with E-state index in [1.54, 1.807) is 50.4 Å². The second-order valence-corrected chi connectivity index (χ2v) is 6.66. The van der Waals surface area contributed by atoms with E-state index in [2.05, 4.69) is 21.3 Å². The zero-order valence-corrected chi connectivity index (χ0v) is 17.5. The summed E-state index contributed by atoms with van der Waals surface area (Å²) in [5, 5.41) is 11.4. The van der Waals surface area contributed by atoms with Crippen molar-refractivity contribution in [1.29, 1.82) is 0 Å². The van der Waals surface area contributed by atoms with Crippen molar-refractivity contribution >= 4 is 34.8 Å². The van der Waals surface area contributed by atoms with Crippen molar-refractivity contribution < 1.29 is 19.1 Å². The number of amides is 3. The van der Waals surface area contributed by atoms with Gasteiger partial charge in [-0.15, -0.1) is 0 Å².